The maximum atomic E-state index is 12.6. The predicted octanol–water partition coefficient (Wildman–Crippen LogP) is 1.86. The Kier molecular flexibility index (Phi) is 10.3. The second kappa shape index (κ2) is 10.8. The molecule has 0 aromatic rings. The second-order valence-electron chi connectivity index (χ2n) is 6.63. The Bertz CT molecular complexity index is 531. The molecule has 0 fully saturated rings. The number of methoxy groups -OCH3 is 1. The first-order valence-corrected chi connectivity index (χ1v) is 10.2. The van der Waals surface area contributed by atoms with E-state index in [0.29, 0.717) is 12.0 Å². The van der Waals surface area contributed by atoms with Crippen LogP contribution in [0, 0.1) is 11.8 Å². The molecule has 0 aliphatic rings. The largest absolute Gasteiger partial charge is 0.464 e. The molecule has 0 heterocycles. The smallest absolute Gasteiger partial charge is 0.336 e. The van der Waals surface area contributed by atoms with Gasteiger partial charge in [-0.25, -0.2) is 4.79 Å². The molecule has 3 N–H and O–H groups in total. The fourth-order valence-electron chi connectivity index (χ4n) is 3.59. The molecule has 26 heavy (non-hydrogen) atoms. The van der Waals surface area contributed by atoms with Crippen LogP contribution in [0.4, 0.5) is 0 Å². The lowest BCUT2D eigenvalue weighted by Gasteiger charge is -2.44. The van der Waals surface area contributed by atoms with E-state index in [-0.39, 0.29) is 19.6 Å². The van der Waals surface area contributed by atoms with Gasteiger partial charge in [0.15, 0.2) is 0 Å². The van der Waals surface area contributed by atoms with Gasteiger partial charge in [0.2, 0.25) is 6.41 Å². The van der Waals surface area contributed by atoms with E-state index < -0.39 is 36.6 Å². The molecule has 8 nitrogen and oxygen atoms in total. The topological polar surface area (TPSA) is 122 Å². The van der Waals surface area contributed by atoms with Gasteiger partial charge in [0, 0.05) is 13.7 Å². The molecule has 0 bridgehead atoms. The zero-order valence-electron chi connectivity index (χ0n) is 16.4. The van der Waals surface area contributed by atoms with E-state index in [0.717, 1.165) is 0 Å². The zero-order valence-corrected chi connectivity index (χ0v) is 17.3. The van der Waals surface area contributed by atoms with Crippen molar-refractivity contribution in [3.05, 3.63) is 11.6 Å². The van der Waals surface area contributed by atoms with Gasteiger partial charge in [-0.05, 0) is 25.2 Å². The summed E-state index contributed by atoms with van der Waals surface area (Å²) in [5.74, 6) is -1.54. The summed E-state index contributed by atoms with van der Waals surface area (Å²) in [7, 11) is -3.15. The normalized spacial score (nSPS) is 14.5. The summed E-state index contributed by atoms with van der Waals surface area (Å²) in [6, 6.07) is -1.14. The molecular formula is C17H32NO7P. The van der Waals surface area contributed by atoms with Crippen molar-refractivity contribution < 1.29 is 33.4 Å². The van der Waals surface area contributed by atoms with E-state index in [4.69, 9.17) is 9.47 Å². The number of carbonyl (C=O) groups is 2. The van der Waals surface area contributed by atoms with Crippen LogP contribution in [0.1, 0.15) is 41.0 Å². The number of rotatable bonds is 12. The number of hydrogen-bond donors (Lipinski definition) is 3. The van der Waals surface area contributed by atoms with Gasteiger partial charge in [-0.2, -0.15) is 0 Å². The highest BCUT2D eigenvalue weighted by molar-refractivity contribution is 7.54. The van der Waals surface area contributed by atoms with Gasteiger partial charge in [-0.15, -0.1) is 0 Å². The SMILES string of the molecule is CCOC(=O)C(C=C(CCOC)C(C(C)C)(C(C)C)P(=O)(O)O)NC=O. The molecule has 0 aromatic carbocycles. The Balaban J connectivity index is 6.50. The lowest BCUT2D eigenvalue weighted by Crippen LogP contribution is -2.45. The molecule has 0 aromatic heterocycles. The Hall–Kier alpha value is -1.21. The van der Waals surface area contributed by atoms with Crippen molar-refractivity contribution in [3.63, 3.8) is 0 Å². The van der Waals surface area contributed by atoms with Gasteiger partial charge in [-0.1, -0.05) is 39.3 Å². The van der Waals surface area contributed by atoms with Crippen molar-refractivity contribution in [1.29, 1.82) is 0 Å². The first-order chi connectivity index (χ1) is 12.0. The zero-order chi connectivity index (χ0) is 20.5. The third kappa shape index (κ3) is 5.64. The molecule has 9 heteroatoms. The first kappa shape index (κ1) is 24.8. The van der Waals surface area contributed by atoms with E-state index in [1.807, 2.05) is 0 Å². The summed E-state index contributed by atoms with van der Waals surface area (Å²) in [5.41, 5.74) is 0.366. The molecule has 152 valence electrons. The number of hydrogen-bond acceptors (Lipinski definition) is 5. The minimum atomic E-state index is -4.63. The second-order valence-corrected chi connectivity index (χ2v) is 8.46. The van der Waals surface area contributed by atoms with Crippen LogP contribution >= 0.6 is 7.60 Å². The number of esters is 1. The summed E-state index contributed by atoms with van der Waals surface area (Å²) >= 11 is 0. The summed E-state index contributed by atoms with van der Waals surface area (Å²) in [4.78, 5) is 43.5. The van der Waals surface area contributed by atoms with E-state index in [9.17, 15) is 23.9 Å². The number of ether oxygens (including phenoxy) is 2. The molecule has 1 unspecified atom stereocenters. The van der Waals surface area contributed by atoms with Crippen molar-refractivity contribution in [2.75, 3.05) is 20.3 Å². The van der Waals surface area contributed by atoms with Crippen LogP contribution in [0.15, 0.2) is 11.6 Å². The minimum absolute atomic E-state index is 0.120. The molecule has 0 aliphatic carbocycles. The van der Waals surface area contributed by atoms with Crippen molar-refractivity contribution in [3.8, 4) is 0 Å². The summed E-state index contributed by atoms with van der Waals surface area (Å²) in [6.45, 7) is 8.88. The Morgan fingerprint density at radius 1 is 1.23 bits per heavy atom. The maximum Gasteiger partial charge on any atom is 0.336 e. The molecule has 0 saturated carbocycles. The molecule has 0 saturated heterocycles. The Labute approximate surface area is 155 Å². The average molecular weight is 393 g/mol. The molecule has 1 atom stereocenters. The van der Waals surface area contributed by atoms with Crippen molar-refractivity contribution in [2.24, 2.45) is 11.8 Å². The fraction of sp³-hybridized carbons (Fsp3) is 0.765. The van der Waals surface area contributed by atoms with Gasteiger partial charge in [-0.3, -0.25) is 9.36 Å². The quantitative estimate of drug-likeness (QED) is 0.200. The van der Waals surface area contributed by atoms with Crippen molar-refractivity contribution in [1.82, 2.24) is 5.32 Å². The fourth-order valence-corrected chi connectivity index (χ4v) is 5.49. The maximum absolute atomic E-state index is 12.6. The molecule has 0 rings (SSSR count). The van der Waals surface area contributed by atoms with Gasteiger partial charge in [0.05, 0.1) is 11.8 Å². The summed E-state index contributed by atoms with van der Waals surface area (Å²) in [5, 5.41) is 0.851. The van der Waals surface area contributed by atoms with Crippen LogP contribution in [0.5, 0.6) is 0 Å². The van der Waals surface area contributed by atoms with Crippen LogP contribution in [0.3, 0.4) is 0 Å². The summed E-state index contributed by atoms with van der Waals surface area (Å²) < 4.78 is 22.6. The number of amides is 1. The van der Waals surface area contributed by atoms with Gasteiger partial charge >= 0.3 is 13.6 Å². The van der Waals surface area contributed by atoms with Crippen molar-refractivity contribution >= 4 is 20.0 Å². The van der Waals surface area contributed by atoms with E-state index >= 15 is 0 Å². The van der Waals surface area contributed by atoms with Crippen molar-refractivity contribution in [2.45, 2.75) is 52.2 Å². The molecule has 0 radical (unpaired) electrons. The highest BCUT2D eigenvalue weighted by Crippen LogP contribution is 2.62. The van der Waals surface area contributed by atoms with Gasteiger partial charge in [0.1, 0.15) is 6.04 Å². The van der Waals surface area contributed by atoms with Crippen LogP contribution in [-0.2, 0) is 23.6 Å². The van der Waals surface area contributed by atoms with E-state index in [1.165, 1.54) is 13.2 Å². The van der Waals surface area contributed by atoms with Crippen LogP contribution in [0.25, 0.3) is 0 Å². The van der Waals surface area contributed by atoms with Crippen LogP contribution < -0.4 is 5.32 Å². The third-order valence-corrected chi connectivity index (χ3v) is 6.77. The molecular weight excluding hydrogens is 361 g/mol. The number of carbonyl (C=O) groups excluding carboxylic acids is 2. The van der Waals surface area contributed by atoms with Gasteiger partial charge < -0.3 is 24.6 Å². The minimum Gasteiger partial charge on any atom is -0.464 e. The predicted molar refractivity (Wildman–Crippen MR) is 98.6 cm³/mol. The molecule has 0 aliphatic heterocycles. The average Bonchev–Trinajstić information content (AvgIpc) is 2.50. The van der Waals surface area contributed by atoms with E-state index in [1.54, 1.807) is 34.6 Å². The highest BCUT2D eigenvalue weighted by atomic mass is 31.2. The standard InChI is InChI=1S/C17H32NO7P/c1-7-25-16(20)15(18-11-19)10-14(8-9-24-6)17(12(2)3,13(4)5)26(21,22)23/h10-13,15H,7-9H2,1-6H3,(H,18,19)(H2,21,22,23). The van der Waals surface area contributed by atoms with E-state index in [2.05, 4.69) is 5.32 Å². The Morgan fingerprint density at radius 3 is 2.12 bits per heavy atom. The van der Waals surface area contributed by atoms with Crippen LogP contribution in [0.2, 0.25) is 0 Å². The third-order valence-electron chi connectivity index (χ3n) is 4.49. The van der Waals surface area contributed by atoms with Gasteiger partial charge in [0.25, 0.3) is 0 Å². The lowest BCUT2D eigenvalue weighted by atomic mass is 9.76. The molecule has 0 spiro atoms. The molecule has 1 amide bonds. The van der Waals surface area contributed by atoms with Crippen LogP contribution in [-0.4, -0.2) is 53.7 Å². The Morgan fingerprint density at radius 2 is 1.77 bits per heavy atom. The lowest BCUT2D eigenvalue weighted by molar-refractivity contribution is -0.145. The monoisotopic (exact) mass is 393 g/mol. The summed E-state index contributed by atoms with van der Waals surface area (Å²) in [6.07, 6.45) is 1.95. The number of nitrogens with one attached hydrogen (secondary N) is 1. The highest BCUT2D eigenvalue weighted by Gasteiger charge is 2.54. The first-order valence-electron chi connectivity index (χ1n) is 8.62.